The van der Waals surface area contributed by atoms with Crippen LogP contribution in [0.5, 0.6) is 0 Å². The number of aromatic nitrogens is 1. The molecule has 0 saturated carbocycles. The van der Waals surface area contributed by atoms with E-state index in [2.05, 4.69) is 10.3 Å². The predicted octanol–water partition coefficient (Wildman–Crippen LogP) is 4.25. The van der Waals surface area contributed by atoms with E-state index in [0.717, 1.165) is 21.8 Å². The fourth-order valence-corrected chi connectivity index (χ4v) is 3.87. The van der Waals surface area contributed by atoms with Crippen LogP contribution in [-0.4, -0.2) is 22.2 Å². The normalized spacial score (nSPS) is 10.4. The zero-order valence-corrected chi connectivity index (χ0v) is 14.6. The van der Waals surface area contributed by atoms with Crippen molar-refractivity contribution in [3.05, 3.63) is 58.3 Å². The van der Waals surface area contributed by atoms with Gasteiger partial charge in [0.2, 0.25) is 0 Å². The Kier molecular flexibility index (Phi) is 5.42. The van der Waals surface area contributed by atoms with Crippen LogP contribution in [0.15, 0.2) is 47.8 Å². The first-order chi connectivity index (χ1) is 12.1. The summed E-state index contributed by atoms with van der Waals surface area (Å²) in [6, 6.07) is 13.1. The molecule has 0 aliphatic carbocycles. The third-order valence-corrected chi connectivity index (χ3v) is 5.03. The summed E-state index contributed by atoms with van der Waals surface area (Å²) in [6.45, 7) is 0.151. The van der Waals surface area contributed by atoms with Gasteiger partial charge in [-0.2, -0.15) is 0 Å². The average molecular weight is 374 g/mol. The lowest BCUT2D eigenvalue weighted by Gasteiger charge is -2.04. The van der Waals surface area contributed by atoms with Crippen molar-refractivity contribution in [2.45, 2.75) is 13.0 Å². The second-order valence-corrected chi connectivity index (χ2v) is 7.06. The van der Waals surface area contributed by atoms with Gasteiger partial charge < -0.3 is 9.84 Å². The van der Waals surface area contributed by atoms with E-state index in [1.54, 1.807) is 0 Å². The van der Waals surface area contributed by atoms with E-state index < -0.39 is 12.1 Å². The number of hydrogen-bond donors (Lipinski definition) is 2. The number of thiophene rings is 1. The minimum atomic E-state index is -0.945. The van der Waals surface area contributed by atoms with Crippen molar-refractivity contribution in [1.82, 2.24) is 4.98 Å². The Hall–Kier alpha value is -2.71. The summed E-state index contributed by atoms with van der Waals surface area (Å²) in [6.07, 6.45) is -0.775. The van der Waals surface area contributed by atoms with Crippen LogP contribution < -0.4 is 5.32 Å². The topological polar surface area (TPSA) is 88.5 Å². The Balaban J connectivity index is 1.69. The zero-order chi connectivity index (χ0) is 17.6. The Morgan fingerprint density at radius 1 is 1.16 bits per heavy atom. The number of carbonyl (C=O) groups is 2. The molecule has 0 aliphatic rings. The molecule has 1 aromatic carbocycles. The molecule has 0 saturated heterocycles. The molecule has 0 unspecified atom stereocenters. The first-order valence-electron chi connectivity index (χ1n) is 7.35. The monoisotopic (exact) mass is 374 g/mol. The largest absolute Gasteiger partial charge is 0.481 e. The molecule has 2 N–H and O–H groups in total. The van der Waals surface area contributed by atoms with E-state index in [4.69, 9.17) is 9.84 Å². The maximum Gasteiger partial charge on any atom is 0.413 e. The van der Waals surface area contributed by atoms with E-state index in [0.29, 0.717) is 15.7 Å². The molecule has 3 rings (SSSR count). The second kappa shape index (κ2) is 7.91. The van der Waals surface area contributed by atoms with Crippen molar-refractivity contribution < 1.29 is 19.4 Å². The van der Waals surface area contributed by atoms with Crippen molar-refractivity contribution in [2.75, 3.05) is 5.32 Å². The number of amides is 1. The fraction of sp³-hybridized carbons (Fsp3) is 0.118. The number of benzene rings is 1. The molecule has 6 nitrogen and oxygen atoms in total. The van der Waals surface area contributed by atoms with Gasteiger partial charge in [-0.1, -0.05) is 36.4 Å². The van der Waals surface area contributed by atoms with Gasteiger partial charge in [0.15, 0.2) is 5.13 Å². The minimum absolute atomic E-state index is 0.147. The third kappa shape index (κ3) is 4.65. The second-order valence-electron chi connectivity index (χ2n) is 5.03. The van der Waals surface area contributed by atoms with Crippen LogP contribution in [0.2, 0.25) is 0 Å². The van der Waals surface area contributed by atoms with E-state index in [1.165, 1.54) is 11.3 Å². The summed E-state index contributed by atoms with van der Waals surface area (Å²) in [5.74, 6) is -0.945. The van der Waals surface area contributed by atoms with Crippen LogP contribution in [0, 0.1) is 0 Å². The molecule has 1 amide bonds. The van der Waals surface area contributed by atoms with Crippen LogP contribution >= 0.6 is 22.7 Å². The summed E-state index contributed by atoms with van der Waals surface area (Å²) in [4.78, 5) is 28.8. The highest BCUT2D eigenvalue weighted by atomic mass is 32.1. The first-order valence-corrected chi connectivity index (χ1v) is 9.04. The van der Waals surface area contributed by atoms with Gasteiger partial charge in [0, 0.05) is 4.88 Å². The Bertz CT molecular complexity index is 860. The molecule has 0 spiro atoms. The number of carboxylic acid groups (broad SMARTS) is 1. The average Bonchev–Trinajstić information content (AvgIpc) is 3.23. The molecule has 2 heterocycles. The fourth-order valence-electron chi connectivity index (χ4n) is 2.11. The number of anilines is 1. The molecule has 0 radical (unpaired) electrons. The third-order valence-electron chi connectivity index (χ3n) is 3.19. The van der Waals surface area contributed by atoms with Gasteiger partial charge in [0.1, 0.15) is 6.61 Å². The van der Waals surface area contributed by atoms with Crippen molar-refractivity contribution in [1.29, 1.82) is 0 Å². The van der Waals surface area contributed by atoms with Crippen LogP contribution in [0.25, 0.3) is 10.6 Å². The Morgan fingerprint density at radius 3 is 2.64 bits per heavy atom. The maximum absolute atomic E-state index is 11.9. The van der Waals surface area contributed by atoms with Crippen LogP contribution in [0.3, 0.4) is 0 Å². The lowest BCUT2D eigenvalue weighted by Crippen LogP contribution is -2.13. The molecule has 0 fully saturated rings. The molecular formula is C17H14N2O4S2. The number of carbonyl (C=O) groups excluding carboxylic acids is 1. The molecule has 0 bridgehead atoms. The number of nitrogens with one attached hydrogen (secondary N) is 1. The van der Waals surface area contributed by atoms with Crippen molar-refractivity contribution >= 4 is 39.9 Å². The molecule has 2 aromatic heterocycles. The molecule has 25 heavy (non-hydrogen) atoms. The summed E-state index contributed by atoms with van der Waals surface area (Å²) in [7, 11) is 0. The number of nitrogens with zero attached hydrogens (tertiary/aromatic N) is 1. The van der Waals surface area contributed by atoms with Gasteiger partial charge in [0.25, 0.3) is 0 Å². The van der Waals surface area contributed by atoms with Crippen LogP contribution in [0.4, 0.5) is 9.93 Å². The smallest absolute Gasteiger partial charge is 0.413 e. The van der Waals surface area contributed by atoms with E-state index in [1.807, 2.05) is 47.8 Å². The van der Waals surface area contributed by atoms with Gasteiger partial charge in [-0.3, -0.25) is 10.1 Å². The highest BCUT2D eigenvalue weighted by molar-refractivity contribution is 7.17. The highest BCUT2D eigenvalue weighted by Gasteiger charge is 2.18. The van der Waals surface area contributed by atoms with Crippen molar-refractivity contribution in [2.24, 2.45) is 0 Å². The summed E-state index contributed by atoms with van der Waals surface area (Å²) in [5, 5.41) is 13.8. The molecule has 3 aromatic rings. The Morgan fingerprint density at radius 2 is 1.96 bits per heavy atom. The molecule has 0 atom stereocenters. The van der Waals surface area contributed by atoms with Gasteiger partial charge >= 0.3 is 12.1 Å². The number of thiazole rings is 1. The number of ether oxygens (including phenoxy) is 1. The quantitative estimate of drug-likeness (QED) is 0.673. The van der Waals surface area contributed by atoms with Crippen LogP contribution in [-0.2, 0) is 22.6 Å². The lowest BCUT2D eigenvalue weighted by atomic mass is 10.2. The van der Waals surface area contributed by atoms with Gasteiger partial charge in [-0.25, -0.2) is 9.78 Å². The van der Waals surface area contributed by atoms with Crippen molar-refractivity contribution in [3.8, 4) is 10.6 Å². The van der Waals surface area contributed by atoms with Gasteiger partial charge in [-0.05, 0) is 17.0 Å². The Labute approximate surface area is 151 Å². The molecule has 8 heteroatoms. The van der Waals surface area contributed by atoms with Crippen LogP contribution in [0.1, 0.15) is 10.4 Å². The predicted molar refractivity (Wildman–Crippen MR) is 97.0 cm³/mol. The van der Waals surface area contributed by atoms with E-state index in [9.17, 15) is 9.59 Å². The highest BCUT2D eigenvalue weighted by Crippen LogP contribution is 2.34. The number of hydrogen-bond acceptors (Lipinski definition) is 6. The summed E-state index contributed by atoms with van der Waals surface area (Å²) < 4.78 is 5.16. The van der Waals surface area contributed by atoms with E-state index in [-0.39, 0.29) is 13.0 Å². The standard InChI is InChI=1S/C17H14N2O4S2/c20-14(21)9-13-15(12-7-4-8-24-12)18-16(25-13)19-17(22)23-10-11-5-2-1-3-6-11/h1-8H,9-10H2,(H,20,21)(H,18,19,22). The van der Waals surface area contributed by atoms with Crippen molar-refractivity contribution in [3.63, 3.8) is 0 Å². The van der Waals surface area contributed by atoms with Gasteiger partial charge in [-0.15, -0.1) is 22.7 Å². The number of carboxylic acids is 1. The lowest BCUT2D eigenvalue weighted by molar-refractivity contribution is -0.136. The molecule has 128 valence electrons. The molecule has 0 aliphatic heterocycles. The summed E-state index contributed by atoms with van der Waals surface area (Å²) in [5.41, 5.74) is 1.46. The SMILES string of the molecule is O=C(O)Cc1sc(NC(=O)OCc2ccccc2)nc1-c1cccs1. The zero-order valence-electron chi connectivity index (χ0n) is 13.0. The minimum Gasteiger partial charge on any atom is -0.481 e. The summed E-state index contributed by atoms with van der Waals surface area (Å²) >= 11 is 2.60. The number of rotatable bonds is 6. The first kappa shape index (κ1) is 17.1. The van der Waals surface area contributed by atoms with Gasteiger partial charge in [0.05, 0.1) is 17.0 Å². The van der Waals surface area contributed by atoms with E-state index >= 15 is 0 Å². The maximum atomic E-state index is 11.9. The number of aliphatic carboxylic acids is 1. The molecular weight excluding hydrogens is 360 g/mol.